The highest BCUT2D eigenvalue weighted by atomic mass is 16.2. The summed E-state index contributed by atoms with van der Waals surface area (Å²) in [4.78, 5) is 18.7. The van der Waals surface area contributed by atoms with Crippen molar-refractivity contribution < 1.29 is 4.79 Å². The minimum Gasteiger partial charge on any atom is -0.369 e. The fourth-order valence-corrected chi connectivity index (χ4v) is 2.77. The third-order valence-electron chi connectivity index (χ3n) is 4.01. The van der Waals surface area contributed by atoms with Crippen LogP contribution in [0.5, 0.6) is 0 Å². The van der Waals surface area contributed by atoms with Gasteiger partial charge in [-0.3, -0.25) is 9.69 Å². The van der Waals surface area contributed by atoms with E-state index in [2.05, 4.69) is 4.99 Å². The number of nitrogens with two attached hydrogens (primary N) is 1. The smallest absolute Gasteiger partial charge is 0.232 e. The van der Waals surface area contributed by atoms with Crippen LogP contribution >= 0.6 is 0 Å². The second-order valence-electron chi connectivity index (χ2n) is 5.75. The van der Waals surface area contributed by atoms with Crippen LogP contribution < -0.4 is 5.73 Å². The SMILES string of the molecule is CC1(c2ccccc2)CC(=O)N(Cc2ccccc2)C(N)=N1. The Morgan fingerprint density at radius 1 is 1.09 bits per heavy atom. The van der Waals surface area contributed by atoms with Crippen LogP contribution in [0.25, 0.3) is 0 Å². The molecule has 0 spiro atoms. The van der Waals surface area contributed by atoms with E-state index in [-0.39, 0.29) is 11.9 Å². The molecule has 0 aromatic heterocycles. The molecule has 22 heavy (non-hydrogen) atoms. The van der Waals surface area contributed by atoms with E-state index in [1.165, 1.54) is 0 Å². The lowest BCUT2D eigenvalue weighted by atomic mass is 9.87. The molecule has 4 nitrogen and oxygen atoms in total. The van der Waals surface area contributed by atoms with Gasteiger partial charge in [-0.15, -0.1) is 0 Å². The first-order chi connectivity index (χ1) is 10.6. The van der Waals surface area contributed by atoms with Gasteiger partial charge in [0.2, 0.25) is 5.91 Å². The molecule has 112 valence electrons. The van der Waals surface area contributed by atoms with E-state index >= 15 is 0 Å². The zero-order chi connectivity index (χ0) is 15.6. The molecule has 1 heterocycles. The van der Waals surface area contributed by atoms with Gasteiger partial charge in [-0.1, -0.05) is 60.7 Å². The number of hydrogen-bond acceptors (Lipinski definition) is 3. The van der Waals surface area contributed by atoms with Crippen molar-refractivity contribution in [3.8, 4) is 0 Å². The molecule has 0 aliphatic carbocycles. The van der Waals surface area contributed by atoms with Crippen LogP contribution in [0, 0.1) is 0 Å². The maximum atomic E-state index is 12.6. The summed E-state index contributed by atoms with van der Waals surface area (Å²) >= 11 is 0. The van der Waals surface area contributed by atoms with Crippen LogP contribution in [-0.4, -0.2) is 16.8 Å². The highest BCUT2D eigenvalue weighted by Crippen LogP contribution is 2.33. The van der Waals surface area contributed by atoms with E-state index < -0.39 is 5.54 Å². The van der Waals surface area contributed by atoms with Crippen LogP contribution in [0.4, 0.5) is 0 Å². The Balaban J connectivity index is 1.89. The summed E-state index contributed by atoms with van der Waals surface area (Å²) in [6.45, 7) is 2.41. The van der Waals surface area contributed by atoms with E-state index in [0.29, 0.717) is 13.0 Å². The molecular formula is C18H19N3O. The molecule has 0 bridgehead atoms. The number of hydrogen-bond donors (Lipinski definition) is 1. The summed E-state index contributed by atoms with van der Waals surface area (Å²) in [6.07, 6.45) is 0.324. The fourth-order valence-electron chi connectivity index (χ4n) is 2.77. The largest absolute Gasteiger partial charge is 0.369 e. The second kappa shape index (κ2) is 5.64. The normalized spacial score (nSPS) is 21.6. The average molecular weight is 293 g/mol. The van der Waals surface area contributed by atoms with Crippen LogP contribution in [0.15, 0.2) is 65.7 Å². The van der Waals surface area contributed by atoms with Crippen LogP contribution in [0.1, 0.15) is 24.5 Å². The molecule has 1 unspecified atom stereocenters. The molecule has 3 rings (SSSR count). The van der Waals surface area contributed by atoms with E-state index in [1.54, 1.807) is 4.90 Å². The molecule has 0 saturated carbocycles. The quantitative estimate of drug-likeness (QED) is 0.945. The van der Waals surface area contributed by atoms with Crippen molar-refractivity contribution in [2.45, 2.75) is 25.4 Å². The molecule has 0 saturated heterocycles. The van der Waals surface area contributed by atoms with Gasteiger partial charge in [-0.05, 0) is 18.1 Å². The lowest BCUT2D eigenvalue weighted by Gasteiger charge is -2.35. The molecule has 1 aliphatic heterocycles. The van der Waals surface area contributed by atoms with Crippen molar-refractivity contribution in [2.24, 2.45) is 10.7 Å². The van der Waals surface area contributed by atoms with Crippen molar-refractivity contribution in [1.82, 2.24) is 4.90 Å². The number of amides is 1. The Morgan fingerprint density at radius 2 is 1.68 bits per heavy atom. The Morgan fingerprint density at radius 3 is 2.27 bits per heavy atom. The zero-order valence-corrected chi connectivity index (χ0v) is 12.6. The molecule has 1 atom stereocenters. The van der Waals surface area contributed by atoms with Gasteiger partial charge in [0.1, 0.15) is 0 Å². The molecule has 1 amide bonds. The minimum atomic E-state index is -0.588. The van der Waals surface area contributed by atoms with Gasteiger partial charge in [0, 0.05) is 0 Å². The van der Waals surface area contributed by atoms with Crippen LogP contribution in [-0.2, 0) is 16.9 Å². The van der Waals surface area contributed by atoms with Crippen molar-refractivity contribution in [1.29, 1.82) is 0 Å². The molecule has 0 radical (unpaired) electrons. The monoisotopic (exact) mass is 293 g/mol. The fraction of sp³-hybridized carbons (Fsp3) is 0.222. The third-order valence-corrected chi connectivity index (χ3v) is 4.01. The summed E-state index contributed by atoms with van der Waals surface area (Å²) in [5, 5.41) is 0. The van der Waals surface area contributed by atoms with Crippen LogP contribution in [0.2, 0.25) is 0 Å². The first-order valence-electron chi connectivity index (χ1n) is 7.34. The number of carbonyl (C=O) groups excluding carboxylic acids is 1. The van der Waals surface area contributed by atoms with Gasteiger partial charge in [-0.25, -0.2) is 4.99 Å². The van der Waals surface area contributed by atoms with Crippen LogP contribution in [0.3, 0.4) is 0 Å². The highest BCUT2D eigenvalue weighted by Gasteiger charge is 2.37. The lowest BCUT2D eigenvalue weighted by molar-refractivity contribution is -0.130. The van der Waals surface area contributed by atoms with Crippen molar-refractivity contribution in [3.63, 3.8) is 0 Å². The van der Waals surface area contributed by atoms with Gasteiger partial charge in [-0.2, -0.15) is 0 Å². The first kappa shape index (κ1) is 14.3. The topological polar surface area (TPSA) is 58.7 Å². The zero-order valence-electron chi connectivity index (χ0n) is 12.6. The van der Waals surface area contributed by atoms with Gasteiger partial charge < -0.3 is 5.73 Å². The van der Waals surface area contributed by atoms with Crippen molar-refractivity contribution in [3.05, 3.63) is 71.8 Å². The number of aliphatic imine (C=N–C) groups is 1. The highest BCUT2D eigenvalue weighted by molar-refractivity contribution is 5.99. The van der Waals surface area contributed by atoms with E-state index in [4.69, 9.17) is 5.73 Å². The minimum absolute atomic E-state index is 0.00251. The van der Waals surface area contributed by atoms with Gasteiger partial charge >= 0.3 is 0 Å². The standard InChI is InChI=1S/C18H19N3O/c1-18(15-10-6-3-7-11-15)12-16(22)21(17(19)20-18)13-14-8-4-2-5-9-14/h2-11H,12-13H2,1H3,(H2,19,20). The van der Waals surface area contributed by atoms with Gasteiger partial charge in [0.15, 0.2) is 5.96 Å². The number of benzene rings is 2. The first-order valence-corrected chi connectivity index (χ1v) is 7.34. The Bertz CT molecular complexity index is 697. The molecule has 2 aromatic carbocycles. The maximum absolute atomic E-state index is 12.6. The van der Waals surface area contributed by atoms with Crippen molar-refractivity contribution in [2.75, 3.05) is 0 Å². The molecule has 2 aromatic rings. The summed E-state index contributed by atoms with van der Waals surface area (Å²) < 4.78 is 0. The molecule has 0 fully saturated rings. The summed E-state index contributed by atoms with van der Waals surface area (Å²) in [5.41, 5.74) is 7.54. The number of guanidine groups is 1. The number of rotatable bonds is 3. The van der Waals surface area contributed by atoms with Crippen molar-refractivity contribution >= 4 is 11.9 Å². The molecule has 2 N–H and O–H groups in total. The molecule has 1 aliphatic rings. The summed E-state index contributed by atoms with van der Waals surface area (Å²) in [5.74, 6) is 0.286. The molecular weight excluding hydrogens is 274 g/mol. The number of nitrogens with zero attached hydrogens (tertiary/aromatic N) is 2. The van der Waals surface area contributed by atoms with E-state index in [9.17, 15) is 4.79 Å². The summed E-state index contributed by atoms with van der Waals surface area (Å²) in [7, 11) is 0. The summed E-state index contributed by atoms with van der Waals surface area (Å²) in [6, 6.07) is 19.6. The predicted octanol–water partition coefficient (Wildman–Crippen LogP) is 2.65. The predicted molar refractivity (Wildman–Crippen MR) is 87.0 cm³/mol. The Labute approximate surface area is 130 Å². The maximum Gasteiger partial charge on any atom is 0.232 e. The van der Waals surface area contributed by atoms with Gasteiger partial charge in [0.25, 0.3) is 0 Å². The average Bonchev–Trinajstić information content (AvgIpc) is 2.53. The van der Waals surface area contributed by atoms with E-state index in [1.807, 2.05) is 67.6 Å². The van der Waals surface area contributed by atoms with Gasteiger partial charge in [0.05, 0.1) is 18.5 Å². The third kappa shape index (κ3) is 2.72. The number of carbonyl (C=O) groups is 1. The Hall–Kier alpha value is -2.62. The van der Waals surface area contributed by atoms with E-state index in [0.717, 1.165) is 11.1 Å². The molecule has 4 heteroatoms. The second-order valence-corrected chi connectivity index (χ2v) is 5.75. The Kier molecular flexibility index (Phi) is 3.67. The lowest BCUT2D eigenvalue weighted by Crippen LogP contribution is -2.49.